The van der Waals surface area contributed by atoms with Gasteiger partial charge in [0.25, 0.3) is 0 Å². The first-order chi connectivity index (χ1) is 9.50. The number of hydrogen-bond acceptors (Lipinski definition) is 5. The van der Waals surface area contributed by atoms with Gasteiger partial charge in [-0.05, 0) is 33.6 Å². The third-order valence-corrected chi connectivity index (χ3v) is 3.87. The van der Waals surface area contributed by atoms with Crippen molar-refractivity contribution in [2.75, 3.05) is 13.7 Å². The Hall–Kier alpha value is -1.30. The topological polar surface area (TPSA) is 76.1 Å². The zero-order chi connectivity index (χ0) is 16.4. The van der Waals surface area contributed by atoms with E-state index in [9.17, 15) is 14.7 Å². The van der Waals surface area contributed by atoms with Gasteiger partial charge in [-0.2, -0.15) is 0 Å². The third kappa shape index (κ3) is 4.09. The van der Waals surface area contributed by atoms with Gasteiger partial charge in [0.1, 0.15) is 5.60 Å². The second-order valence-electron chi connectivity index (χ2n) is 7.08. The Labute approximate surface area is 126 Å². The van der Waals surface area contributed by atoms with Gasteiger partial charge in [-0.25, -0.2) is 9.59 Å². The minimum atomic E-state index is -1.28. The van der Waals surface area contributed by atoms with Crippen molar-refractivity contribution in [3.63, 3.8) is 0 Å². The molecule has 1 aliphatic rings. The van der Waals surface area contributed by atoms with Crippen molar-refractivity contribution in [2.24, 2.45) is 5.41 Å². The lowest BCUT2D eigenvalue weighted by molar-refractivity contribution is -0.159. The molecule has 1 aliphatic heterocycles. The maximum atomic E-state index is 12.3. The summed E-state index contributed by atoms with van der Waals surface area (Å²) in [4.78, 5) is 25.5. The molecule has 1 amide bonds. The Kier molecular flexibility index (Phi) is 5.25. The zero-order valence-electron chi connectivity index (χ0n) is 13.8. The molecule has 1 fully saturated rings. The molecule has 0 radical (unpaired) electrons. The number of ether oxygens (including phenoxy) is 2. The van der Waals surface area contributed by atoms with Crippen LogP contribution in [0.4, 0.5) is 4.79 Å². The Balaban J connectivity index is 2.90. The molecule has 1 heterocycles. The van der Waals surface area contributed by atoms with E-state index < -0.39 is 29.2 Å². The molecule has 0 aromatic carbocycles. The summed E-state index contributed by atoms with van der Waals surface area (Å²) in [6, 6.07) is -0.263. The standard InChI is InChI=1S/C15H27NO5/c1-14(2,3)21-13(19)16-9-7-8-10(16)15(4,5)11(17)12(18)20-6/h10-11,17H,7-9H2,1-6H3. The molecule has 2 unspecified atom stereocenters. The molecule has 1 N–H and O–H groups in total. The molecular weight excluding hydrogens is 274 g/mol. The van der Waals surface area contributed by atoms with E-state index in [2.05, 4.69) is 4.74 Å². The van der Waals surface area contributed by atoms with Crippen LogP contribution in [0.25, 0.3) is 0 Å². The van der Waals surface area contributed by atoms with Gasteiger partial charge in [-0.15, -0.1) is 0 Å². The second-order valence-corrected chi connectivity index (χ2v) is 7.08. The summed E-state index contributed by atoms with van der Waals surface area (Å²) < 4.78 is 10.0. The molecule has 0 bridgehead atoms. The SMILES string of the molecule is COC(=O)C(O)C(C)(C)C1CCCN1C(=O)OC(C)(C)C. The van der Waals surface area contributed by atoms with Gasteiger partial charge >= 0.3 is 12.1 Å². The normalized spacial score (nSPS) is 21.1. The molecule has 0 aliphatic carbocycles. The largest absolute Gasteiger partial charge is 0.467 e. The number of aliphatic hydroxyl groups is 1. The molecule has 6 heteroatoms. The fraction of sp³-hybridized carbons (Fsp3) is 0.867. The van der Waals surface area contributed by atoms with E-state index in [4.69, 9.17) is 4.74 Å². The maximum absolute atomic E-state index is 12.3. The van der Waals surface area contributed by atoms with Gasteiger partial charge < -0.3 is 19.5 Å². The molecule has 21 heavy (non-hydrogen) atoms. The van der Waals surface area contributed by atoms with Crippen LogP contribution in [0.2, 0.25) is 0 Å². The summed E-state index contributed by atoms with van der Waals surface area (Å²) in [7, 11) is 1.24. The molecule has 0 aromatic rings. The van der Waals surface area contributed by atoms with Crippen LogP contribution in [-0.4, -0.2) is 53.5 Å². The number of amides is 1. The quantitative estimate of drug-likeness (QED) is 0.806. The number of hydrogen-bond donors (Lipinski definition) is 1. The van der Waals surface area contributed by atoms with Gasteiger partial charge in [-0.1, -0.05) is 13.8 Å². The van der Waals surface area contributed by atoms with E-state index in [0.717, 1.165) is 12.8 Å². The Morgan fingerprint density at radius 2 is 1.81 bits per heavy atom. The van der Waals surface area contributed by atoms with Crippen LogP contribution in [0, 0.1) is 5.41 Å². The first-order valence-electron chi connectivity index (χ1n) is 7.26. The van der Waals surface area contributed by atoms with Crippen LogP contribution in [-0.2, 0) is 14.3 Å². The minimum Gasteiger partial charge on any atom is -0.467 e. The average molecular weight is 301 g/mol. The van der Waals surface area contributed by atoms with E-state index in [1.54, 1.807) is 18.7 Å². The predicted molar refractivity (Wildman–Crippen MR) is 77.8 cm³/mol. The fourth-order valence-electron chi connectivity index (χ4n) is 2.68. The summed E-state index contributed by atoms with van der Waals surface area (Å²) in [5, 5.41) is 10.2. The number of aliphatic hydroxyl groups excluding tert-OH is 1. The van der Waals surface area contributed by atoms with Gasteiger partial charge in [-0.3, -0.25) is 0 Å². The van der Waals surface area contributed by atoms with Gasteiger partial charge in [0.15, 0.2) is 6.10 Å². The number of methoxy groups -OCH3 is 1. The Morgan fingerprint density at radius 1 is 1.24 bits per heavy atom. The number of likely N-dealkylation sites (tertiary alicyclic amines) is 1. The van der Waals surface area contributed by atoms with Crippen molar-refractivity contribution in [1.29, 1.82) is 0 Å². The van der Waals surface area contributed by atoms with E-state index >= 15 is 0 Å². The van der Waals surface area contributed by atoms with Crippen LogP contribution in [0.3, 0.4) is 0 Å². The number of rotatable bonds is 3. The van der Waals surface area contributed by atoms with Crippen LogP contribution in [0.5, 0.6) is 0 Å². The number of carbonyl (C=O) groups excluding carboxylic acids is 2. The van der Waals surface area contributed by atoms with E-state index in [0.29, 0.717) is 6.54 Å². The van der Waals surface area contributed by atoms with Crippen molar-refractivity contribution in [3.8, 4) is 0 Å². The van der Waals surface area contributed by atoms with E-state index in [1.165, 1.54) is 7.11 Å². The Bertz CT molecular complexity index is 399. The molecule has 122 valence electrons. The second kappa shape index (κ2) is 6.22. The Morgan fingerprint density at radius 3 is 2.29 bits per heavy atom. The molecule has 0 saturated carbocycles. The summed E-state index contributed by atoms with van der Waals surface area (Å²) in [5.41, 5.74) is -1.38. The lowest BCUT2D eigenvalue weighted by Gasteiger charge is -2.40. The summed E-state index contributed by atoms with van der Waals surface area (Å²) >= 11 is 0. The van der Waals surface area contributed by atoms with E-state index in [1.807, 2.05) is 20.8 Å². The number of esters is 1. The van der Waals surface area contributed by atoms with Crippen LogP contribution < -0.4 is 0 Å². The van der Waals surface area contributed by atoms with Crippen molar-refractivity contribution in [3.05, 3.63) is 0 Å². The first kappa shape index (κ1) is 17.8. The lowest BCUT2D eigenvalue weighted by atomic mass is 9.77. The number of nitrogens with zero attached hydrogens (tertiary/aromatic N) is 1. The maximum Gasteiger partial charge on any atom is 0.410 e. The van der Waals surface area contributed by atoms with Crippen LogP contribution in [0.15, 0.2) is 0 Å². The molecule has 1 saturated heterocycles. The molecule has 0 spiro atoms. The van der Waals surface area contributed by atoms with Gasteiger partial charge in [0.05, 0.1) is 7.11 Å². The highest BCUT2D eigenvalue weighted by molar-refractivity contribution is 5.76. The fourth-order valence-corrected chi connectivity index (χ4v) is 2.68. The smallest absolute Gasteiger partial charge is 0.410 e. The average Bonchev–Trinajstić information content (AvgIpc) is 2.84. The predicted octanol–water partition coefficient (Wildman–Crippen LogP) is 1.95. The highest BCUT2D eigenvalue weighted by Crippen LogP contribution is 2.37. The summed E-state index contributed by atoms with van der Waals surface area (Å²) in [6.07, 6.45) is -0.146. The van der Waals surface area contributed by atoms with Gasteiger partial charge in [0, 0.05) is 18.0 Å². The highest BCUT2D eigenvalue weighted by Gasteiger charge is 2.47. The molecule has 2 atom stereocenters. The summed E-state index contributed by atoms with van der Waals surface area (Å²) in [6.45, 7) is 9.53. The third-order valence-electron chi connectivity index (χ3n) is 3.87. The van der Waals surface area contributed by atoms with E-state index in [-0.39, 0.29) is 6.04 Å². The molecule has 0 aromatic heterocycles. The highest BCUT2D eigenvalue weighted by atomic mass is 16.6. The minimum absolute atomic E-state index is 0.263. The van der Waals surface area contributed by atoms with Crippen LogP contribution >= 0.6 is 0 Å². The first-order valence-corrected chi connectivity index (χ1v) is 7.26. The van der Waals surface area contributed by atoms with Gasteiger partial charge in [0.2, 0.25) is 0 Å². The number of carbonyl (C=O) groups is 2. The monoisotopic (exact) mass is 301 g/mol. The molecular formula is C15H27NO5. The lowest BCUT2D eigenvalue weighted by Crippen LogP contribution is -2.53. The molecule has 1 rings (SSSR count). The summed E-state index contributed by atoms with van der Waals surface area (Å²) in [5.74, 6) is -0.684. The molecule has 6 nitrogen and oxygen atoms in total. The van der Waals surface area contributed by atoms with Crippen molar-refractivity contribution in [1.82, 2.24) is 4.90 Å². The zero-order valence-corrected chi connectivity index (χ0v) is 13.8. The van der Waals surface area contributed by atoms with Crippen molar-refractivity contribution in [2.45, 2.75) is 65.2 Å². The van der Waals surface area contributed by atoms with Crippen LogP contribution in [0.1, 0.15) is 47.5 Å². The van der Waals surface area contributed by atoms with Crippen molar-refractivity contribution < 1.29 is 24.2 Å². The van der Waals surface area contributed by atoms with Crippen molar-refractivity contribution >= 4 is 12.1 Å².